The first-order chi connectivity index (χ1) is 9.04. The summed E-state index contributed by atoms with van der Waals surface area (Å²) in [4.78, 5) is 4.19. The fourth-order valence-electron chi connectivity index (χ4n) is 1.70. The largest absolute Gasteiger partial charge is 0.396 e. The molecule has 0 radical (unpaired) electrons. The number of aromatic nitrogens is 1. The number of anilines is 1. The molecule has 0 atom stereocenters. The summed E-state index contributed by atoms with van der Waals surface area (Å²) in [6.45, 7) is 0.573. The molecule has 1 heterocycles. The number of rotatable bonds is 8. The maximum atomic E-state index is 12.4. The number of unbranched alkanes of at least 4 members (excludes halogenated alkanes) is 2. The molecule has 0 aromatic carbocycles. The van der Waals surface area contributed by atoms with Gasteiger partial charge >= 0.3 is 0 Å². The van der Waals surface area contributed by atoms with E-state index in [2.05, 4.69) is 10.3 Å². The van der Waals surface area contributed by atoms with Crippen LogP contribution in [0.3, 0.4) is 0 Å². The van der Waals surface area contributed by atoms with Gasteiger partial charge in [0, 0.05) is 33.4 Å². The van der Waals surface area contributed by atoms with E-state index in [4.69, 9.17) is 5.11 Å². The summed E-state index contributed by atoms with van der Waals surface area (Å²) in [5.74, 6) is 0.352. The highest BCUT2D eigenvalue weighted by Crippen LogP contribution is 2.21. The minimum absolute atomic E-state index is 0.142. The topological polar surface area (TPSA) is 82.5 Å². The van der Waals surface area contributed by atoms with E-state index in [-0.39, 0.29) is 11.5 Å². The van der Waals surface area contributed by atoms with E-state index in [1.165, 1.54) is 4.31 Å². The monoisotopic (exact) mass is 287 g/mol. The zero-order chi connectivity index (χ0) is 14.3. The van der Waals surface area contributed by atoms with Gasteiger partial charge in [-0.15, -0.1) is 0 Å². The Bertz CT molecular complexity index is 491. The summed E-state index contributed by atoms with van der Waals surface area (Å²) in [6, 6.07) is 3.14. The van der Waals surface area contributed by atoms with Gasteiger partial charge in [0.1, 0.15) is 10.7 Å². The predicted molar refractivity (Wildman–Crippen MR) is 74.5 cm³/mol. The normalized spacial score (nSPS) is 11.8. The molecule has 1 aromatic rings. The molecule has 0 saturated carbocycles. The van der Waals surface area contributed by atoms with Crippen molar-refractivity contribution in [2.24, 2.45) is 0 Å². The third-order valence-corrected chi connectivity index (χ3v) is 4.72. The van der Waals surface area contributed by atoms with Crippen molar-refractivity contribution in [3.05, 3.63) is 18.3 Å². The Morgan fingerprint density at radius 1 is 1.37 bits per heavy atom. The molecule has 0 amide bonds. The van der Waals surface area contributed by atoms with Crippen molar-refractivity contribution in [3.63, 3.8) is 0 Å². The molecule has 0 bridgehead atoms. The van der Waals surface area contributed by atoms with Crippen LogP contribution in [0.15, 0.2) is 23.2 Å². The first-order valence-corrected chi connectivity index (χ1v) is 7.68. The zero-order valence-corrected chi connectivity index (χ0v) is 12.2. The first-order valence-electron chi connectivity index (χ1n) is 6.24. The average molecular weight is 287 g/mol. The SMILES string of the molecule is CNc1ncccc1S(=O)(=O)N(C)CCCCCO. The fourth-order valence-corrected chi connectivity index (χ4v) is 3.05. The van der Waals surface area contributed by atoms with E-state index in [0.717, 1.165) is 12.8 Å². The standard InChI is InChI=1S/C12H21N3O3S/c1-13-12-11(7-6-8-14-12)19(17,18)15(2)9-4-3-5-10-16/h6-8,16H,3-5,9-10H2,1-2H3,(H,13,14). The van der Waals surface area contributed by atoms with Gasteiger partial charge in [-0.3, -0.25) is 0 Å². The van der Waals surface area contributed by atoms with Crippen LogP contribution in [-0.4, -0.2) is 50.1 Å². The second kappa shape index (κ2) is 7.42. The molecule has 0 saturated heterocycles. The molecular formula is C12H21N3O3S. The molecule has 108 valence electrons. The van der Waals surface area contributed by atoms with Gasteiger partial charge in [-0.25, -0.2) is 17.7 Å². The van der Waals surface area contributed by atoms with Crippen LogP contribution in [-0.2, 0) is 10.0 Å². The third-order valence-electron chi connectivity index (χ3n) is 2.83. The molecule has 0 aliphatic carbocycles. The number of nitrogens with one attached hydrogen (secondary N) is 1. The second-order valence-corrected chi connectivity index (χ2v) is 6.22. The smallest absolute Gasteiger partial charge is 0.246 e. The summed E-state index contributed by atoms with van der Waals surface area (Å²) < 4.78 is 26.1. The quantitative estimate of drug-likeness (QED) is 0.694. The van der Waals surface area contributed by atoms with Crippen LogP contribution in [0.2, 0.25) is 0 Å². The van der Waals surface area contributed by atoms with Crippen LogP contribution in [0.25, 0.3) is 0 Å². The minimum atomic E-state index is -3.52. The number of sulfonamides is 1. The Balaban J connectivity index is 2.79. The predicted octanol–water partition coefficient (Wildman–Crippen LogP) is 0.906. The van der Waals surface area contributed by atoms with Crippen molar-refractivity contribution in [3.8, 4) is 0 Å². The summed E-state index contributed by atoms with van der Waals surface area (Å²) in [6.07, 6.45) is 3.78. The lowest BCUT2D eigenvalue weighted by molar-refractivity contribution is 0.281. The summed E-state index contributed by atoms with van der Waals surface area (Å²) in [7, 11) is -0.325. The Kier molecular flexibility index (Phi) is 6.20. The molecule has 0 aliphatic rings. The Morgan fingerprint density at radius 2 is 2.11 bits per heavy atom. The number of aliphatic hydroxyl groups excluding tert-OH is 1. The van der Waals surface area contributed by atoms with Gasteiger partial charge < -0.3 is 10.4 Å². The van der Waals surface area contributed by atoms with Gasteiger partial charge in [-0.1, -0.05) is 0 Å². The zero-order valence-electron chi connectivity index (χ0n) is 11.3. The highest BCUT2D eigenvalue weighted by atomic mass is 32.2. The molecule has 0 aliphatic heterocycles. The van der Waals surface area contributed by atoms with Gasteiger partial charge in [0.15, 0.2) is 0 Å². The van der Waals surface area contributed by atoms with Gasteiger partial charge in [0.2, 0.25) is 10.0 Å². The van der Waals surface area contributed by atoms with E-state index in [1.54, 1.807) is 32.4 Å². The molecule has 0 fully saturated rings. The molecule has 6 nitrogen and oxygen atoms in total. The van der Waals surface area contributed by atoms with Crippen LogP contribution >= 0.6 is 0 Å². The number of pyridine rings is 1. The van der Waals surface area contributed by atoms with Crippen molar-refractivity contribution in [2.75, 3.05) is 32.6 Å². The average Bonchev–Trinajstić information content (AvgIpc) is 2.43. The van der Waals surface area contributed by atoms with Crippen molar-refractivity contribution in [2.45, 2.75) is 24.2 Å². The van der Waals surface area contributed by atoms with E-state index in [1.807, 2.05) is 0 Å². The Labute approximate surface area is 114 Å². The number of hydrogen-bond donors (Lipinski definition) is 2. The molecule has 1 aromatic heterocycles. The van der Waals surface area contributed by atoms with Gasteiger partial charge in [0.25, 0.3) is 0 Å². The summed E-state index contributed by atoms with van der Waals surface area (Å²) >= 11 is 0. The highest BCUT2D eigenvalue weighted by Gasteiger charge is 2.23. The van der Waals surface area contributed by atoms with E-state index in [9.17, 15) is 8.42 Å². The van der Waals surface area contributed by atoms with Crippen molar-refractivity contribution < 1.29 is 13.5 Å². The minimum Gasteiger partial charge on any atom is -0.396 e. The van der Waals surface area contributed by atoms with Crippen molar-refractivity contribution >= 4 is 15.8 Å². The first kappa shape index (κ1) is 15.9. The third kappa shape index (κ3) is 4.15. The fraction of sp³-hybridized carbons (Fsp3) is 0.583. The Morgan fingerprint density at radius 3 is 2.74 bits per heavy atom. The number of aliphatic hydroxyl groups is 1. The summed E-state index contributed by atoms with van der Waals surface area (Å²) in [5, 5.41) is 11.5. The van der Waals surface area contributed by atoms with Crippen LogP contribution in [0.1, 0.15) is 19.3 Å². The second-order valence-electron chi connectivity index (χ2n) is 4.21. The Hall–Kier alpha value is -1.18. The van der Waals surface area contributed by atoms with Crippen molar-refractivity contribution in [1.82, 2.24) is 9.29 Å². The van der Waals surface area contributed by atoms with Crippen LogP contribution in [0.5, 0.6) is 0 Å². The maximum Gasteiger partial charge on any atom is 0.246 e. The maximum absolute atomic E-state index is 12.4. The lowest BCUT2D eigenvalue weighted by Crippen LogP contribution is -2.28. The number of nitrogens with zero attached hydrogens (tertiary/aromatic N) is 2. The van der Waals surface area contributed by atoms with E-state index < -0.39 is 10.0 Å². The molecule has 0 spiro atoms. The molecular weight excluding hydrogens is 266 g/mol. The van der Waals surface area contributed by atoms with Crippen LogP contribution < -0.4 is 5.32 Å². The molecule has 19 heavy (non-hydrogen) atoms. The lowest BCUT2D eigenvalue weighted by Gasteiger charge is -2.18. The van der Waals surface area contributed by atoms with Crippen LogP contribution in [0.4, 0.5) is 5.82 Å². The molecule has 1 rings (SSSR count). The van der Waals surface area contributed by atoms with Crippen LogP contribution in [0, 0.1) is 0 Å². The molecule has 0 unspecified atom stereocenters. The summed E-state index contributed by atoms with van der Waals surface area (Å²) in [5.41, 5.74) is 0. The van der Waals surface area contributed by atoms with Crippen molar-refractivity contribution in [1.29, 1.82) is 0 Å². The van der Waals surface area contributed by atoms with E-state index >= 15 is 0 Å². The number of hydrogen-bond acceptors (Lipinski definition) is 5. The highest BCUT2D eigenvalue weighted by molar-refractivity contribution is 7.89. The van der Waals surface area contributed by atoms with Gasteiger partial charge in [0.05, 0.1) is 0 Å². The molecule has 7 heteroatoms. The molecule has 2 N–H and O–H groups in total. The van der Waals surface area contributed by atoms with Gasteiger partial charge in [-0.2, -0.15) is 0 Å². The lowest BCUT2D eigenvalue weighted by atomic mass is 10.2. The van der Waals surface area contributed by atoms with Gasteiger partial charge in [-0.05, 0) is 31.4 Å². The van der Waals surface area contributed by atoms with E-state index in [0.29, 0.717) is 18.8 Å².